The van der Waals surface area contributed by atoms with Gasteiger partial charge in [0.25, 0.3) is 0 Å². The number of anilines is 1. The molecule has 0 radical (unpaired) electrons. The second-order valence-electron chi connectivity index (χ2n) is 3.26. The number of hydrogen-bond donors (Lipinski definition) is 1. The van der Waals surface area contributed by atoms with Crippen molar-refractivity contribution in [3.05, 3.63) is 30.3 Å². The number of halogens is 1. The van der Waals surface area contributed by atoms with Crippen molar-refractivity contribution in [2.45, 2.75) is 0 Å². The number of benzene rings is 1. The molecular formula is C11H11FN4O. The van der Waals surface area contributed by atoms with Gasteiger partial charge in [0.1, 0.15) is 12.0 Å². The van der Waals surface area contributed by atoms with Crippen LogP contribution >= 0.6 is 0 Å². The molecule has 0 saturated carbocycles. The van der Waals surface area contributed by atoms with Gasteiger partial charge in [-0.3, -0.25) is 0 Å². The van der Waals surface area contributed by atoms with Crippen molar-refractivity contribution < 1.29 is 9.13 Å². The molecule has 5 nitrogen and oxygen atoms in total. The summed E-state index contributed by atoms with van der Waals surface area (Å²) in [5.41, 5.74) is 1.09. The van der Waals surface area contributed by atoms with Crippen molar-refractivity contribution in [1.82, 2.24) is 15.2 Å². The summed E-state index contributed by atoms with van der Waals surface area (Å²) in [6.45, 7) is 0. The van der Waals surface area contributed by atoms with Gasteiger partial charge in [-0.2, -0.15) is 0 Å². The summed E-state index contributed by atoms with van der Waals surface area (Å²) in [4.78, 5) is 4.01. The average Bonchev–Trinajstić information content (AvgIpc) is 2.38. The van der Waals surface area contributed by atoms with E-state index in [-0.39, 0.29) is 5.75 Å². The number of methoxy groups -OCH3 is 1. The standard InChI is InChI=1S/C11H11FN4O/c1-13-11-10(16-15-6-14-11)7-3-4-9(17-2)8(12)5-7/h3-6H,1-2H3,(H,13,14,15). The Morgan fingerprint density at radius 1 is 1.35 bits per heavy atom. The maximum atomic E-state index is 13.6. The molecule has 1 N–H and O–H groups in total. The Labute approximate surface area is 97.7 Å². The summed E-state index contributed by atoms with van der Waals surface area (Å²) in [5.74, 6) is 0.291. The monoisotopic (exact) mass is 234 g/mol. The van der Waals surface area contributed by atoms with Gasteiger partial charge in [0.05, 0.1) is 7.11 Å². The van der Waals surface area contributed by atoms with Crippen LogP contribution in [0, 0.1) is 5.82 Å². The van der Waals surface area contributed by atoms with E-state index in [2.05, 4.69) is 20.5 Å². The fraction of sp³-hybridized carbons (Fsp3) is 0.182. The van der Waals surface area contributed by atoms with Crippen LogP contribution < -0.4 is 10.1 Å². The van der Waals surface area contributed by atoms with Crippen molar-refractivity contribution in [3.63, 3.8) is 0 Å². The number of aromatic nitrogens is 3. The van der Waals surface area contributed by atoms with Crippen molar-refractivity contribution in [2.75, 3.05) is 19.5 Å². The molecule has 6 heteroatoms. The normalized spacial score (nSPS) is 10.1. The maximum absolute atomic E-state index is 13.6. The zero-order valence-electron chi connectivity index (χ0n) is 9.44. The Bertz CT molecular complexity index is 533. The fourth-order valence-corrected chi connectivity index (χ4v) is 1.47. The molecule has 1 aromatic carbocycles. The lowest BCUT2D eigenvalue weighted by Crippen LogP contribution is -2.00. The van der Waals surface area contributed by atoms with Crippen molar-refractivity contribution in [2.24, 2.45) is 0 Å². The van der Waals surface area contributed by atoms with Gasteiger partial charge in [-0.15, -0.1) is 10.2 Å². The van der Waals surface area contributed by atoms with Crippen LogP contribution in [0.1, 0.15) is 0 Å². The Kier molecular flexibility index (Phi) is 3.13. The smallest absolute Gasteiger partial charge is 0.165 e. The van der Waals surface area contributed by atoms with Crippen molar-refractivity contribution in [3.8, 4) is 17.0 Å². The largest absolute Gasteiger partial charge is 0.494 e. The molecule has 88 valence electrons. The first-order valence-electron chi connectivity index (χ1n) is 4.95. The topological polar surface area (TPSA) is 59.9 Å². The molecule has 0 saturated heterocycles. The molecule has 2 rings (SSSR count). The van der Waals surface area contributed by atoms with E-state index in [0.29, 0.717) is 17.1 Å². The predicted molar refractivity (Wildman–Crippen MR) is 61.3 cm³/mol. The molecule has 0 amide bonds. The first-order valence-corrected chi connectivity index (χ1v) is 4.95. The lowest BCUT2D eigenvalue weighted by molar-refractivity contribution is 0.386. The summed E-state index contributed by atoms with van der Waals surface area (Å²) in [6.07, 6.45) is 1.33. The highest BCUT2D eigenvalue weighted by Gasteiger charge is 2.10. The van der Waals surface area contributed by atoms with Gasteiger partial charge in [-0.05, 0) is 18.2 Å². The Balaban J connectivity index is 2.49. The number of rotatable bonds is 3. The first kappa shape index (κ1) is 11.3. The van der Waals surface area contributed by atoms with Gasteiger partial charge < -0.3 is 10.1 Å². The molecular weight excluding hydrogens is 223 g/mol. The SMILES string of the molecule is CNc1ncnnc1-c1ccc(OC)c(F)c1. The molecule has 2 aromatic rings. The van der Waals surface area contributed by atoms with Crippen LogP contribution in [-0.4, -0.2) is 29.3 Å². The molecule has 0 spiro atoms. The second-order valence-corrected chi connectivity index (χ2v) is 3.26. The van der Waals surface area contributed by atoms with Gasteiger partial charge in [0, 0.05) is 12.6 Å². The van der Waals surface area contributed by atoms with E-state index in [1.165, 1.54) is 19.5 Å². The predicted octanol–water partition coefficient (Wildman–Crippen LogP) is 1.73. The van der Waals surface area contributed by atoms with Crippen LogP contribution in [0.5, 0.6) is 5.75 Å². The van der Waals surface area contributed by atoms with Crippen LogP contribution in [0.15, 0.2) is 24.5 Å². The molecule has 0 aliphatic heterocycles. The van der Waals surface area contributed by atoms with E-state index in [9.17, 15) is 4.39 Å². The molecule has 1 heterocycles. The quantitative estimate of drug-likeness (QED) is 0.876. The van der Waals surface area contributed by atoms with Crippen molar-refractivity contribution in [1.29, 1.82) is 0 Å². The van der Waals surface area contributed by atoms with E-state index < -0.39 is 5.82 Å². The number of hydrogen-bond acceptors (Lipinski definition) is 5. The number of ether oxygens (including phenoxy) is 1. The third-order valence-corrected chi connectivity index (χ3v) is 2.28. The molecule has 0 aliphatic carbocycles. The third kappa shape index (κ3) is 2.15. The van der Waals surface area contributed by atoms with E-state index in [0.717, 1.165) is 0 Å². The van der Waals surface area contributed by atoms with E-state index in [4.69, 9.17) is 4.74 Å². The van der Waals surface area contributed by atoms with Crippen LogP contribution in [0.3, 0.4) is 0 Å². The Hall–Kier alpha value is -2.24. The number of nitrogens with one attached hydrogen (secondary N) is 1. The summed E-state index contributed by atoms with van der Waals surface area (Å²) in [7, 11) is 3.13. The van der Waals surface area contributed by atoms with Gasteiger partial charge in [-0.1, -0.05) is 0 Å². The first-order chi connectivity index (χ1) is 8.26. The molecule has 0 unspecified atom stereocenters. The molecule has 0 bridgehead atoms. The van der Waals surface area contributed by atoms with Crippen LogP contribution in [0.25, 0.3) is 11.3 Å². The minimum atomic E-state index is -0.447. The van der Waals surface area contributed by atoms with Gasteiger partial charge in [0.15, 0.2) is 17.4 Å². The fourth-order valence-electron chi connectivity index (χ4n) is 1.47. The van der Waals surface area contributed by atoms with E-state index >= 15 is 0 Å². The van der Waals surface area contributed by atoms with Gasteiger partial charge in [-0.25, -0.2) is 9.37 Å². The summed E-state index contributed by atoms with van der Waals surface area (Å²) < 4.78 is 18.4. The second kappa shape index (κ2) is 4.73. The van der Waals surface area contributed by atoms with Gasteiger partial charge in [0.2, 0.25) is 0 Å². The zero-order chi connectivity index (χ0) is 12.3. The minimum Gasteiger partial charge on any atom is -0.494 e. The maximum Gasteiger partial charge on any atom is 0.165 e. The third-order valence-electron chi connectivity index (χ3n) is 2.28. The molecule has 17 heavy (non-hydrogen) atoms. The highest BCUT2D eigenvalue weighted by molar-refractivity contribution is 5.71. The molecule has 1 aromatic heterocycles. The van der Waals surface area contributed by atoms with Gasteiger partial charge >= 0.3 is 0 Å². The zero-order valence-corrected chi connectivity index (χ0v) is 9.44. The van der Waals surface area contributed by atoms with Crippen LogP contribution in [0.4, 0.5) is 10.2 Å². The summed E-state index contributed by atoms with van der Waals surface area (Å²) in [6, 6.07) is 4.58. The highest BCUT2D eigenvalue weighted by Crippen LogP contribution is 2.27. The van der Waals surface area contributed by atoms with E-state index in [1.807, 2.05) is 0 Å². The Morgan fingerprint density at radius 2 is 2.18 bits per heavy atom. The Morgan fingerprint density at radius 3 is 2.82 bits per heavy atom. The van der Waals surface area contributed by atoms with Crippen LogP contribution in [0.2, 0.25) is 0 Å². The average molecular weight is 234 g/mol. The minimum absolute atomic E-state index is 0.191. The summed E-state index contributed by atoms with van der Waals surface area (Å²) in [5, 5.41) is 10.5. The molecule has 0 fully saturated rings. The molecule has 0 atom stereocenters. The molecule has 0 aliphatic rings. The number of nitrogens with zero attached hydrogens (tertiary/aromatic N) is 3. The summed E-state index contributed by atoms with van der Waals surface area (Å²) >= 11 is 0. The van der Waals surface area contributed by atoms with Crippen LogP contribution in [-0.2, 0) is 0 Å². The van der Waals surface area contributed by atoms with E-state index in [1.54, 1.807) is 19.2 Å². The lowest BCUT2D eigenvalue weighted by Gasteiger charge is -2.07. The van der Waals surface area contributed by atoms with Crippen molar-refractivity contribution >= 4 is 5.82 Å². The lowest BCUT2D eigenvalue weighted by atomic mass is 10.1. The highest BCUT2D eigenvalue weighted by atomic mass is 19.1.